The Hall–Kier alpha value is -2.09. The van der Waals surface area contributed by atoms with Crippen LogP contribution in [0.5, 0.6) is 0 Å². The molecular formula is C14H12NO. The van der Waals surface area contributed by atoms with E-state index >= 15 is 0 Å². The Morgan fingerprint density at radius 3 is 2.62 bits per heavy atom. The van der Waals surface area contributed by atoms with Gasteiger partial charge >= 0.3 is 0 Å². The molecule has 0 fully saturated rings. The van der Waals surface area contributed by atoms with Crippen LogP contribution in [0.25, 0.3) is 11.1 Å². The summed E-state index contributed by atoms with van der Waals surface area (Å²) in [7, 11) is 0. The molecular weight excluding hydrogens is 198 g/mol. The number of hydrogen-bond donors (Lipinski definition) is 1. The summed E-state index contributed by atoms with van der Waals surface area (Å²) in [6.07, 6.45) is 0. The van der Waals surface area contributed by atoms with Gasteiger partial charge in [0.05, 0.1) is 0 Å². The van der Waals surface area contributed by atoms with E-state index in [1.807, 2.05) is 42.5 Å². The molecule has 2 aromatic rings. The third-order valence-corrected chi connectivity index (χ3v) is 2.26. The highest BCUT2D eigenvalue weighted by atomic mass is 16.1. The van der Waals surface area contributed by atoms with Crippen molar-refractivity contribution in [1.29, 1.82) is 0 Å². The number of benzene rings is 2. The fraction of sp³-hybridized carbons (Fsp3) is 0.0714. The van der Waals surface area contributed by atoms with Gasteiger partial charge in [-0.15, -0.1) is 0 Å². The Kier molecular flexibility index (Phi) is 3.01. The molecule has 0 aliphatic carbocycles. The molecule has 2 aromatic carbocycles. The molecule has 2 rings (SSSR count). The van der Waals surface area contributed by atoms with E-state index < -0.39 is 0 Å². The van der Waals surface area contributed by atoms with E-state index in [1.165, 1.54) is 6.92 Å². The second kappa shape index (κ2) is 4.62. The summed E-state index contributed by atoms with van der Waals surface area (Å²) in [4.78, 5) is 11.1. The molecule has 1 amide bonds. The summed E-state index contributed by atoms with van der Waals surface area (Å²) in [5, 5.41) is 2.80. The van der Waals surface area contributed by atoms with Crippen LogP contribution in [0.1, 0.15) is 6.92 Å². The summed E-state index contributed by atoms with van der Waals surface area (Å²) in [6, 6.07) is 18.5. The molecule has 0 atom stereocenters. The van der Waals surface area contributed by atoms with Crippen molar-refractivity contribution < 1.29 is 4.79 Å². The molecule has 0 aliphatic heterocycles. The molecule has 0 saturated heterocycles. The summed E-state index contributed by atoms with van der Waals surface area (Å²) in [5.41, 5.74) is 2.89. The van der Waals surface area contributed by atoms with Crippen LogP contribution >= 0.6 is 0 Å². The van der Waals surface area contributed by atoms with Gasteiger partial charge in [0.2, 0.25) is 5.91 Å². The highest BCUT2D eigenvalue weighted by Crippen LogP contribution is 2.27. The Balaban J connectivity index is 2.44. The van der Waals surface area contributed by atoms with Crippen LogP contribution in [0.3, 0.4) is 0 Å². The van der Waals surface area contributed by atoms with Crippen molar-refractivity contribution >= 4 is 11.6 Å². The first-order valence-electron chi connectivity index (χ1n) is 5.10. The standard InChI is InChI=1S/C14H12NO/c1-11(16)15-14-10-6-5-9-13(14)12-7-3-2-4-8-12/h2-5,7-10H,1H3,(H,15,16). The molecule has 2 nitrogen and oxygen atoms in total. The Morgan fingerprint density at radius 2 is 1.94 bits per heavy atom. The van der Waals surface area contributed by atoms with Crippen molar-refractivity contribution in [3.8, 4) is 11.1 Å². The van der Waals surface area contributed by atoms with Crippen molar-refractivity contribution in [2.75, 3.05) is 5.32 Å². The lowest BCUT2D eigenvalue weighted by Gasteiger charge is -2.09. The molecule has 0 unspecified atom stereocenters. The largest absolute Gasteiger partial charge is 0.326 e. The molecule has 0 saturated carbocycles. The lowest BCUT2D eigenvalue weighted by Crippen LogP contribution is -2.06. The molecule has 1 radical (unpaired) electrons. The van der Waals surface area contributed by atoms with Crippen LogP contribution in [-0.2, 0) is 4.79 Å². The first-order valence-corrected chi connectivity index (χ1v) is 5.10. The molecule has 79 valence electrons. The van der Waals surface area contributed by atoms with Gasteiger partial charge in [-0.2, -0.15) is 0 Å². The Labute approximate surface area is 94.9 Å². The maximum Gasteiger partial charge on any atom is 0.221 e. The first kappa shape index (κ1) is 10.4. The Bertz CT molecular complexity index is 491. The van der Waals surface area contributed by atoms with Gasteiger partial charge in [0.25, 0.3) is 0 Å². The third-order valence-electron chi connectivity index (χ3n) is 2.26. The average molecular weight is 210 g/mol. The molecule has 0 bridgehead atoms. The van der Waals surface area contributed by atoms with Crippen LogP contribution in [0.15, 0.2) is 48.5 Å². The van der Waals surface area contributed by atoms with Crippen molar-refractivity contribution in [3.63, 3.8) is 0 Å². The van der Waals surface area contributed by atoms with E-state index in [4.69, 9.17) is 0 Å². The molecule has 0 aliphatic rings. The van der Waals surface area contributed by atoms with Gasteiger partial charge in [0.15, 0.2) is 0 Å². The second-order valence-electron chi connectivity index (χ2n) is 3.52. The van der Waals surface area contributed by atoms with Gasteiger partial charge in [0, 0.05) is 18.2 Å². The summed E-state index contributed by atoms with van der Waals surface area (Å²) < 4.78 is 0. The lowest BCUT2D eigenvalue weighted by atomic mass is 10.0. The predicted molar refractivity (Wildman–Crippen MR) is 65.0 cm³/mol. The van der Waals surface area contributed by atoms with E-state index in [9.17, 15) is 4.79 Å². The topological polar surface area (TPSA) is 29.1 Å². The number of rotatable bonds is 2. The zero-order valence-electron chi connectivity index (χ0n) is 9.03. The molecule has 16 heavy (non-hydrogen) atoms. The van der Waals surface area contributed by atoms with Gasteiger partial charge in [-0.3, -0.25) is 4.79 Å². The second-order valence-corrected chi connectivity index (χ2v) is 3.52. The van der Waals surface area contributed by atoms with Crippen molar-refractivity contribution in [1.82, 2.24) is 0 Å². The minimum Gasteiger partial charge on any atom is -0.326 e. The highest BCUT2D eigenvalue weighted by Gasteiger charge is 2.04. The normalized spacial score (nSPS) is 9.81. The van der Waals surface area contributed by atoms with Crippen LogP contribution < -0.4 is 5.32 Å². The average Bonchev–Trinajstić information content (AvgIpc) is 2.30. The molecule has 0 spiro atoms. The quantitative estimate of drug-likeness (QED) is 0.810. The molecule has 1 N–H and O–H groups in total. The van der Waals surface area contributed by atoms with Gasteiger partial charge < -0.3 is 5.32 Å². The minimum atomic E-state index is -0.0724. The van der Waals surface area contributed by atoms with Gasteiger partial charge in [0.1, 0.15) is 0 Å². The zero-order valence-corrected chi connectivity index (χ0v) is 9.03. The summed E-state index contributed by atoms with van der Waals surface area (Å²) in [6.45, 7) is 1.50. The molecule has 2 heteroatoms. The van der Waals surface area contributed by atoms with E-state index in [2.05, 4.69) is 11.4 Å². The lowest BCUT2D eigenvalue weighted by molar-refractivity contribution is -0.114. The fourth-order valence-electron chi connectivity index (χ4n) is 1.59. The van der Waals surface area contributed by atoms with E-state index in [-0.39, 0.29) is 5.91 Å². The van der Waals surface area contributed by atoms with E-state index in [1.54, 1.807) is 6.07 Å². The number of anilines is 1. The van der Waals surface area contributed by atoms with Gasteiger partial charge in [-0.25, -0.2) is 0 Å². The van der Waals surface area contributed by atoms with Gasteiger partial charge in [-0.05, 0) is 17.7 Å². The number of amides is 1. The van der Waals surface area contributed by atoms with Crippen molar-refractivity contribution in [3.05, 3.63) is 54.6 Å². The zero-order chi connectivity index (χ0) is 11.4. The molecule has 0 heterocycles. The number of hydrogen-bond acceptors (Lipinski definition) is 1. The van der Waals surface area contributed by atoms with Crippen LogP contribution in [0.4, 0.5) is 5.69 Å². The van der Waals surface area contributed by atoms with Crippen LogP contribution in [0, 0.1) is 6.07 Å². The van der Waals surface area contributed by atoms with Crippen molar-refractivity contribution in [2.24, 2.45) is 0 Å². The minimum absolute atomic E-state index is 0.0724. The fourth-order valence-corrected chi connectivity index (χ4v) is 1.59. The number of nitrogens with one attached hydrogen (secondary N) is 1. The van der Waals surface area contributed by atoms with E-state index in [0.29, 0.717) is 0 Å². The maximum atomic E-state index is 11.1. The van der Waals surface area contributed by atoms with Crippen molar-refractivity contribution in [2.45, 2.75) is 6.92 Å². The van der Waals surface area contributed by atoms with Crippen LogP contribution in [-0.4, -0.2) is 5.91 Å². The summed E-state index contributed by atoms with van der Waals surface area (Å²) >= 11 is 0. The summed E-state index contributed by atoms with van der Waals surface area (Å²) in [5.74, 6) is -0.0724. The first-order chi connectivity index (χ1) is 7.77. The predicted octanol–water partition coefficient (Wildman–Crippen LogP) is 3.11. The number of carbonyl (C=O) groups excluding carboxylic acids is 1. The van der Waals surface area contributed by atoms with Crippen LogP contribution in [0.2, 0.25) is 0 Å². The van der Waals surface area contributed by atoms with E-state index in [0.717, 1.165) is 16.8 Å². The Morgan fingerprint density at radius 1 is 1.19 bits per heavy atom. The SMILES string of the molecule is CC(=O)Nc1c[c]ccc1-c1ccccc1. The third kappa shape index (κ3) is 2.28. The highest BCUT2D eigenvalue weighted by molar-refractivity contribution is 5.93. The maximum absolute atomic E-state index is 11.1. The monoisotopic (exact) mass is 210 g/mol. The number of carbonyl (C=O) groups is 1. The molecule has 0 aromatic heterocycles. The van der Waals surface area contributed by atoms with Gasteiger partial charge in [-0.1, -0.05) is 42.5 Å². The smallest absolute Gasteiger partial charge is 0.221 e.